The Morgan fingerprint density at radius 2 is 2.10 bits per heavy atom. The number of carboxylic acids is 1. The molecule has 20 heavy (non-hydrogen) atoms. The van der Waals surface area contributed by atoms with Crippen molar-refractivity contribution in [2.45, 2.75) is 19.4 Å². The lowest BCUT2D eigenvalue weighted by molar-refractivity contribution is -0.136. The molecule has 0 fully saturated rings. The van der Waals surface area contributed by atoms with Gasteiger partial charge < -0.3 is 14.6 Å². The number of ether oxygens (including phenoxy) is 2. The van der Waals surface area contributed by atoms with Gasteiger partial charge in [0.15, 0.2) is 11.5 Å². The molecule has 1 atom stereocenters. The molecule has 2 rings (SSSR count). The lowest BCUT2D eigenvalue weighted by atomic mass is 10.1. The van der Waals surface area contributed by atoms with Crippen molar-refractivity contribution in [1.29, 1.82) is 0 Å². The first-order valence-corrected chi connectivity index (χ1v) is 7.64. The lowest BCUT2D eigenvalue weighted by Crippen LogP contribution is -2.30. The third-order valence-corrected chi connectivity index (χ3v) is 4.29. The van der Waals surface area contributed by atoms with Crippen LogP contribution in [0.1, 0.15) is 24.9 Å². The standard InChI is InChI=1S/C12H15NO6S/c1-8(13-20(16,17)5-4-12(14)15)9-2-3-10-11(6-9)19-7-18-10/h2-3,6,8,13H,4-5,7H2,1H3,(H,14,15). The van der Waals surface area contributed by atoms with Crippen LogP contribution < -0.4 is 14.2 Å². The van der Waals surface area contributed by atoms with Gasteiger partial charge in [0, 0.05) is 6.04 Å². The average Bonchev–Trinajstić information content (AvgIpc) is 2.83. The molecule has 0 amide bonds. The minimum atomic E-state index is -3.64. The molecule has 110 valence electrons. The van der Waals surface area contributed by atoms with Crippen LogP contribution in [0.3, 0.4) is 0 Å². The first-order chi connectivity index (χ1) is 9.37. The molecule has 1 aromatic rings. The van der Waals surface area contributed by atoms with Crippen molar-refractivity contribution >= 4 is 16.0 Å². The maximum atomic E-state index is 11.7. The molecule has 1 aliphatic rings. The summed E-state index contributed by atoms with van der Waals surface area (Å²) < 4.78 is 36.3. The fourth-order valence-corrected chi connectivity index (χ4v) is 3.04. The van der Waals surface area contributed by atoms with Gasteiger partial charge in [-0.15, -0.1) is 0 Å². The van der Waals surface area contributed by atoms with Gasteiger partial charge in [0.1, 0.15) is 0 Å². The minimum absolute atomic E-state index is 0.150. The van der Waals surface area contributed by atoms with E-state index in [0.717, 1.165) is 0 Å². The maximum absolute atomic E-state index is 11.7. The van der Waals surface area contributed by atoms with Gasteiger partial charge in [-0.3, -0.25) is 4.79 Å². The molecular formula is C12H15NO6S. The zero-order valence-corrected chi connectivity index (χ0v) is 11.6. The van der Waals surface area contributed by atoms with Gasteiger partial charge in [-0.2, -0.15) is 0 Å². The molecule has 0 saturated heterocycles. The summed E-state index contributed by atoms with van der Waals surface area (Å²) >= 11 is 0. The predicted octanol–water partition coefficient (Wildman–Crippen LogP) is 0.870. The number of carbonyl (C=O) groups is 1. The highest BCUT2D eigenvalue weighted by Crippen LogP contribution is 2.34. The van der Waals surface area contributed by atoms with E-state index in [1.165, 1.54) is 0 Å². The number of sulfonamides is 1. The highest BCUT2D eigenvalue weighted by molar-refractivity contribution is 7.89. The number of benzene rings is 1. The molecule has 1 aliphatic heterocycles. The van der Waals surface area contributed by atoms with Crippen molar-refractivity contribution in [2.75, 3.05) is 12.5 Å². The lowest BCUT2D eigenvalue weighted by Gasteiger charge is -2.14. The van der Waals surface area contributed by atoms with Crippen LogP contribution in [-0.4, -0.2) is 32.0 Å². The zero-order chi connectivity index (χ0) is 14.8. The smallest absolute Gasteiger partial charge is 0.304 e. The van der Waals surface area contributed by atoms with Gasteiger partial charge in [-0.1, -0.05) is 6.07 Å². The van der Waals surface area contributed by atoms with Crippen LogP contribution >= 0.6 is 0 Å². The largest absolute Gasteiger partial charge is 0.481 e. The monoisotopic (exact) mass is 301 g/mol. The number of rotatable bonds is 6. The van der Waals surface area contributed by atoms with Gasteiger partial charge >= 0.3 is 5.97 Å². The van der Waals surface area contributed by atoms with Crippen LogP contribution in [0, 0.1) is 0 Å². The Hall–Kier alpha value is -1.80. The van der Waals surface area contributed by atoms with Gasteiger partial charge in [-0.25, -0.2) is 13.1 Å². The van der Waals surface area contributed by atoms with Crippen molar-refractivity contribution in [1.82, 2.24) is 4.72 Å². The molecule has 1 aromatic carbocycles. The van der Waals surface area contributed by atoms with E-state index in [4.69, 9.17) is 14.6 Å². The number of hydrogen-bond acceptors (Lipinski definition) is 5. The normalized spacial score (nSPS) is 15.1. The molecule has 8 heteroatoms. The van der Waals surface area contributed by atoms with Crippen molar-refractivity contribution in [3.8, 4) is 11.5 Å². The van der Waals surface area contributed by atoms with E-state index in [0.29, 0.717) is 17.1 Å². The van der Waals surface area contributed by atoms with Crippen LogP contribution in [0.5, 0.6) is 11.5 Å². The van der Waals surface area contributed by atoms with Crippen LogP contribution in [0.2, 0.25) is 0 Å². The van der Waals surface area contributed by atoms with Crippen LogP contribution in [0.15, 0.2) is 18.2 Å². The summed E-state index contributed by atoms with van der Waals surface area (Å²) in [5.74, 6) is -0.406. The number of carboxylic acid groups (broad SMARTS) is 1. The van der Waals surface area contributed by atoms with Crippen LogP contribution in [0.25, 0.3) is 0 Å². The van der Waals surface area contributed by atoms with Crippen molar-refractivity contribution < 1.29 is 27.8 Å². The fourth-order valence-electron chi connectivity index (χ4n) is 1.80. The Morgan fingerprint density at radius 3 is 2.80 bits per heavy atom. The Kier molecular flexibility index (Phi) is 4.15. The fraction of sp³-hybridized carbons (Fsp3) is 0.417. The predicted molar refractivity (Wildman–Crippen MR) is 70.2 cm³/mol. The van der Waals surface area contributed by atoms with Gasteiger partial charge in [0.25, 0.3) is 0 Å². The van der Waals surface area contributed by atoms with E-state index in [9.17, 15) is 13.2 Å². The highest BCUT2D eigenvalue weighted by atomic mass is 32.2. The van der Waals surface area contributed by atoms with Gasteiger partial charge in [-0.05, 0) is 24.6 Å². The summed E-state index contributed by atoms with van der Waals surface area (Å²) in [6, 6.07) is 4.66. The van der Waals surface area contributed by atoms with E-state index in [2.05, 4.69) is 4.72 Å². The summed E-state index contributed by atoms with van der Waals surface area (Å²) in [5.41, 5.74) is 0.716. The van der Waals surface area contributed by atoms with Crippen molar-refractivity contribution in [2.24, 2.45) is 0 Å². The highest BCUT2D eigenvalue weighted by Gasteiger charge is 2.20. The first-order valence-electron chi connectivity index (χ1n) is 5.99. The second-order valence-electron chi connectivity index (χ2n) is 4.41. The molecule has 0 spiro atoms. The second kappa shape index (κ2) is 5.68. The minimum Gasteiger partial charge on any atom is -0.481 e. The number of nitrogens with one attached hydrogen (secondary N) is 1. The van der Waals surface area contributed by atoms with Crippen molar-refractivity contribution in [3.63, 3.8) is 0 Å². The Balaban J connectivity index is 2.04. The molecule has 0 saturated carbocycles. The summed E-state index contributed by atoms with van der Waals surface area (Å²) in [6.45, 7) is 1.83. The third-order valence-electron chi connectivity index (χ3n) is 2.84. The SMILES string of the molecule is CC(NS(=O)(=O)CCC(=O)O)c1ccc2c(c1)OCO2. The maximum Gasteiger partial charge on any atom is 0.304 e. The average molecular weight is 301 g/mol. The van der Waals surface area contributed by atoms with Crippen LogP contribution in [-0.2, 0) is 14.8 Å². The summed E-state index contributed by atoms with van der Waals surface area (Å²) in [4.78, 5) is 10.4. The summed E-state index contributed by atoms with van der Waals surface area (Å²) in [6.07, 6.45) is -0.427. The molecule has 0 aliphatic carbocycles. The Morgan fingerprint density at radius 1 is 1.40 bits per heavy atom. The molecule has 0 aromatic heterocycles. The molecule has 1 heterocycles. The molecular weight excluding hydrogens is 286 g/mol. The number of fused-ring (bicyclic) bond motifs is 1. The van der Waals surface area contributed by atoms with Crippen molar-refractivity contribution in [3.05, 3.63) is 23.8 Å². The summed E-state index contributed by atoms with van der Waals surface area (Å²) in [7, 11) is -3.64. The van der Waals surface area contributed by atoms with E-state index in [1.54, 1.807) is 25.1 Å². The van der Waals surface area contributed by atoms with Gasteiger partial charge in [0.2, 0.25) is 16.8 Å². The molecule has 1 unspecified atom stereocenters. The zero-order valence-electron chi connectivity index (χ0n) is 10.8. The Bertz CT molecular complexity index is 612. The first kappa shape index (κ1) is 14.6. The third kappa shape index (κ3) is 3.61. The van der Waals surface area contributed by atoms with E-state index in [1.807, 2.05) is 0 Å². The van der Waals surface area contributed by atoms with E-state index in [-0.39, 0.29) is 6.79 Å². The Labute approximate surface area is 116 Å². The number of aliphatic carboxylic acids is 1. The van der Waals surface area contributed by atoms with E-state index < -0.39 is 34.2 Å². The molecule has 0 bridgehead atoms. The second-order valence-corrected chi connectivity index (χ2v) is 6.29. The quantitative estimate of drug-likeness (QED) is 0.808. The topological polar surface area (TPSA) is 102 Å². The summed E-state index contributed by atoms with van der Waals surface area (Å²) in [5, 5.41) is 8.51. The van der Waals surface area contributed by atoms with Gasteiger partial charge in [0.05, 0.1) is 12.2 Å². The number of hydrogen-bond donors (Lipinski definition) is 2. The molecule has 7 nitrogen and oxygen atoms in total. The molecule has 0 radical (unpaired) electrons. The van der Waals surface area contributed by atoms with Crippen LogP contribution in [0.4, 0.5) is 0 Å². The molecule has 2 N–H and O–H groups in total. The van der Waals surface area contributed by atoms with E-state index >= 15 is 0 Å².